The van der Waals surface area contributed by atoms with E-state index >= 15 is 0 Å². The number of hydrogen-bond acceptors (Lipinski definition) is 4. The van der Waals surface area contributed by atoms with Crippen molar-refractivity contribution < 1.29 is 16.8 Å². The fourth-order valence-corrected chi connectivity index (χ4v) is 6.14. The predicted octanol–water partition coefficient (Wildman–Crippen LogP) is 2.86. The van der Waals surface area contributed by atoms with Gasteiger partial charge in [-0.3, -0.25) is 0 Å². The van der Waals surface area contributed by atoms with Crippen LogP contribution in [0.15, 0.2) is 59.5 Å². The van der Waals surface area contributed by atoms with E-state index in [0.29, 0.717) is 5.56 Å². The topological polar surface area (TPSA) is 68.3 Å². The van der Waals surface area contributed by atoms with Crippen molar-refractivity contribution in [1.29, 1.82) is 0 Å². The Bertz CT molecular complexity index is 821. The zero-order valence-corrected chi connectivity index (χ0v) is 13.4. The molecule has 21 heavy (non-hydrogen) atoms. The van der Waals surface area contributed by atoms with E-state index in [-0.39, 0.29) is 4.90 Å². The van der Waals surface area contributed by atoms with Gasteiger partial charge in [-0.15, -0.1) is 0 Å². The van der Waals surface area contributed by atoms with Gasteiger partial charge in [0.05, 0.1) is 10.1 Å². The van der Waals surface area contributed by atoms with Gasteiger partial charge in [0, 0.05) is 0 Å². The average Bonchev–Trinajstić information content (AvgIpc) is 2.47. The van der Waals surface area contributed by atoms with Crippen molar-refractivity contribution in [2.45, 2.75) is 24.0 Å². The maximum Gasteiger partial charge on any atom is 0.282 e. The summed E-state index contributed by atoms with van der Waals surface area (Å²) in [5.41, 5.74) is 1.32. The van der Waals surface area contributed by atoms with E-state index in [2.05, 4.69) is 0 Å². The first kappa shape index (κ1) is 15.7. The zero-order chi connectivity index (χ0) is 15.7. The maximum absolute atomic E-state index is 12.5. The molecule has 0 spiro atoms. The van der Waals surface area contributed by atoms with E-state index in [1.807, 2.05) is 0 Å². The van der Waals surface area contributed by atoms with E-state index in [9.17, 15) is 16.8 Å². The number of hydrogen-bond donors (Lipinski definition) is 0. The summed E-state index contributed by atoms with van der Waals surface area (Å²) < 4.78 is 49.7. The van der Waals surface area contributed by atoms with Gasteiger partial charge < -0.3 is 0 Å². The standard InChI is InChI=1S/C15H16O4S2/c1-12-8-10-15(11-9-12)21(18,19)20(16,17)13(2)14-6-4-3-5-7-14/h3-11,13H,1-2H3. The molecule has 0 saturated carbocycles. The van der Waals surface area contributed by atoms with Crippen LogP contribution in [0, 0.1) is 6.92 Å². The number of rotatable bonds is 4. The Morgan fingerprint density at radius 2 is 1.33 bits per heavy atom. The Morgan fingerprint density at radius 3 is 1.86 bits per heavy atom. The van der Waals surface area contributed by atoms with Gasteiger partial charge >= 0.3 is 0 Å². The Labute approximate surface area is 124 Å². The second-order valence-corrected chi connectivity index (χ2v) is 10.6. The van der Waals surface area contributed by atoms with Gasteiger partial charge in [-0.1, -0.05) is 48.0 Å². The van der Waals surface area contributed by atoms with Gasteiger partial charge in [-0.25, -0.2) is 16.8 Å². The van der Waals surface area contributed by atoms with Crippen LogP contribution in [0.3, 0.4) is 0 Å². The third-order valence-electron chi connectivity index (χ3n) is 3.32. The van der Waals surface area contributed by atoms with E-state index in [4.69, 9.17) is 0 Å². The highest BCUT2D eigenvalue weighted by Gasteiger charge is 2.37. The summed E-state index contributed by atoms with van der Waals surface area (Å²) in [7, 11) is -8.82. The third-order valence-corrected chi connectivity index (χ3v) is 9.20. The number of benzene rings is 2. The molecule has 1 atom stereocenters. The van der Waals surface area contributed by atoms with Gasteiger partial charge in [-0.2, -0.15) is 0 Å². The van der Waals surface area contributed by atoms with E-state index in [1.165, 1.54) is 19.1 Å². The molecular weight excluding hydrogens is 308 g/mol. The lowest BCUT2D eigenvalue weighted by Crippen LogP contribution is -2.21. The van der Waals surface area contributed by atoms with Crippen molar-refractivity contribution in [3.63, 3.8) is 0 Å². The Balaban J connectivity index is 2.50. The highest BCUT2D eigenvalue weighted by molar-refractivity contribution is 8.67. The minimum absolute atomic E-state index is 0.198. The van der Waals surface area contributed by atoms with Gasteiger partial charge in [0.1, 0.15) is 0 Å². The molecule has 2 aromatic rings. The molecule has 0 N–H and O–H groups in total. The summed E-state index contributed by atoms with van der Waals surface area (Å²) >= 11 is 0. The van der Waals surface area contributed by atoms with E-state index in [0.717, 1.165) is 5.56 Å². The quantitative estimate of drug-likeness (QED) is 0.811. The normalized spacial score (nSPS) is 13.8. The van der Waals surface area contributed by atoms with Gasteiger partial charge in [-0.05, 0) is 31.5 Å². The lowest BCUT2D eigenvalue weighted by molar-refractivity contribution is 0.577. The van der Waals surface area contributed by atoms with E-state index < -0.39 is 23.0 Å². The minimum atomic E-state index is -4.43. The fraction of sp³-hybridized carbons (Fsp3) is 0.200. The largest absolute Gasteiger partial charge is 0.282 e. The lowest BCUT2D eigenvalue weighted by atomic mass is 10.2. The zero-order valence-electron chi connectivity index (χ0n) is 11.7. The molecule has 2 aromatic carbocycles. The Kier molecular flexibility index (Phi) is 4.20. The molecule has 2 rings (SSSR count). The highest BCUT2D eigenvalue weighted by atomic mass is 33.2. The molecule has 4 nitrogen and oxygen atoms in total. The summed E-state index contributed by atoms with van der Waals surface area (Å²) in [5.74, 6) is 0. The summed E-state index contributed by atoms with van der Waals surface area (Å²) in [6.45, 7) is 3.19. The average molecular weight is 324 g/mol. The predicted molar refractivity (Wildman–Crippen MR) is 82.1 cm³/mol. The molecule has 0 aliphatic heterocycles. The molecule has 0 aliphatic rings. The van der Waals surface area contributed by atoms with Crippen LogP contribution in [0.1, 0.15) is 23.3 Å². The molecule has 0 aliphatic carbocycles. The molecule has 0 amide bonds. The third kappa shape index (κ3) is 2.87. The first-order valence-corrected chi connectivity index (χ1v) is 9.92. The second-order valence-electron chi connectivity index (χ2n) is 4.81. The van der Waals surface area contributed by atoms with Crippen molar-refractivity contribution >= 4 is 17.7 Å². The minimum Gasteiger partial charge on any atom is -0.212 e. The molecule has 0 fully saturated rings. The van der Waals surface area contributed by atoms with Crippen LogP contribution in [-0.2, 0) is 17.7 Å². The highest BCUT2D eigenvalue weighted by Crippen LogP contribution is 2.30. The van der Waals surface area contributed by atoms with E-state index in [1.54, 1.807) is 49.4 Å². The first-order valence-electron chi connectivity index (χ1n) is 6.37. The molecule has 1 unspecified atom stereocenters. The summed E-state index contributed by atoms with van der Waals surface area (Å²) in [6.07, 6.45) is 0. The maximum atomic E-state index is 12.5. The summed E-state index contributed by atoms with van der Waals surface area (Å²) in [6, 6.07) is 14.1. The van der Waals surface area contributed by atoms with Crippen molar-refractivity contribution in [3.05, 3.63) is 65.7 Å². The summed E-state index contributed by atoms with van der Waals surface area (Å²) in [4.78, 5) is -0.198. The van der Waals surface area contributed by atoms with Gasteiger partial charge in [0.2, 0.25) is 0 Å². The van der Waals surface area contributed by atoms with Gasteiger partial charge in [0.25, 0.3) is 17.7 Å². The van der Waals surface area contributed by atoms with Crippen molar-refractivity contribution in [2.24, 2.45) is 0 Å². The van der Waals surface area contributed by atoms with Crippen LogP contribution in [-0.4, -0.2) is 16.8 Å². The molecular formula is C15H16O4S2. The Morgan fingerprint density at radius 1 is 0.810 bits per heavy atom. The summed E-state index contributed by atoms with van der Waals surface area (Å²) in [5, 5.41) is -1.12. The Hall–Kier alpha value is -1.66. The van der Waals surface area contributed by atoms with Crippen molar-refractivity contribution in [2.75, 3.05) is 0 Å². The lowest BCUT2D eigenvalue weighted by Gasteiger charge is -2.13. The SMILES string of the molecule is Cc1ccc(S(=O)(=O)S(=O)(=O)C(C)c2ccccc2)cc1. The molecule has 0 aromatic heterocycles. The van der Waals surface area contributed by atoms with Crippen LogP contribution in [0.25, 0.3) is 0 Å². The molecule has 112 valence electrons. The number of aryl methyl sites for hydroxylation is 1. The monoisotopic (exact) mass is 324 g/mol. The van der Waals surface area contributed by atoms with Crippen LogP contribution in [0.2, 0.25) is 0 Å². The van der Waals surface area contributed by atoms with Crippen LogP contribution in [0.4, 0.5) is 0 Å². The van der Waals surface area contributed by atoms with Gasteiger partial charge in [0.15, 0.2) is 0 Å². The molecule has 0 saturated heterocycles. The van der Waals surface area contributed by atoms with Crippen molar-refractivity contribution in [1.82, 2.24) is 0 Å². The molecule has 0 bridgehead atoms. The van der Waals surface area contributed by atoms with Crippen molar-refractivity contribution in [3.8, 4) is 0 Å². The molecule has 0 heterocycles. The fourth-order valence-electron chi connectivity index (χ4n) is 1.92. The first-order chi connectivity index (χ1) is 9.76. The van der Waals surface area contributed by atoms with Crippen LogP contribution in [0.5, 0.6) is 0 Å². The molecule has 0 radical (unpaired) electrons. The second kappa shape index (κ2) is 5.61. The molecule has 6 heteroatoms. The van der Waals surface area contributed by atoms with Crippen LogP contribution < -0.4 is 0 Å². The van der Waals surface area contributed by atoms with Crippen LogP contribution >= 0.6 is 0 Å². The smallest absolute Gasteiger partial charge is 0.212 e.